The first kappa shape index (κ1) is 25.2. The highest BCUT2D eigenvalue weighted by Gasteiger charge is 2.32. The Labute approximate surface area is 221 Å². The van der Waals surface area contributed by atoms with E-state index in [1.54, 1.807) is 37.7 Å². The molecule has 6 nitrogen and oxygen atoms in total. The van der Waals surface area contributed by atoms with Crippen LogP contribution in [0.1, 0.15) is 22.9 Å². The fraction of sp³-hybridized carbons (Fsp3) is 0.200. The maximum Gasteiger partial charge on any atom is 0.207 e. The van der Waals surface area contributed by atoms with Crippen molar-refractivity contribution < 1.29 is 18.6 Å². The van der Waals surface area contributed by atoms with Crippen LogP contribution in [0.5, 0.6) is 17.2 Å². The van der Waals surface area contributed by atoms with Gasteiger partial charge in [0.25, 0.3) is 0 Å². The highest BCUT2D eigenvalue weighted by molar-refractivity contribution is 8.93. The molecule has 0 radical (unpaired) electrons. The first-order valence-corrected chi connectivity index (χ1v) is 12.3. The molecule has 0 spiro atoms. The number of anilines is 1. The molecule has 0 N–H and O–H groups in total. The Bertz CT molecular complexity index is 1340. The molecule has 10 heteroatoms. The van der Waals surface area contributed by atoms with E-state index in [9.17, 15) is 4.39 Å². The van der Waals surface area contributed by atoms with Crippen LogP contribution in [0.2, 0.25) is 0 Å². The molecule has 0 amide bonds. The Balaban J connectivity index is 0.00000289. The van der Waals surface area contributed by atoms with Gasteiger partial charge in [-0.15, -0.1) is 39.7 Å². The largest absolute Gasteiger partial charge is 0.494 e. The maximum atomic E-state index is 14.3. The molecule has 1 aliphatic rings. The summed E-state index contributed by atoms with van der Waals surface area (Å²) in [4.78, 5) is 5.93. The van der Waals surface area contributed by atoms with E-state index in [2.05, 4.69) is 6.07 Å². The van der Waals surface area contributed by atoms with Crippen LogP contribution in [0.3, 0.4) is 0 Å². The lowest BCUT2D eigenvalue weighted by Crippen LogP contribution is -2.18. The number of rotatable bonds is 7. The van der Waals surface area contributed by atoms with E-state index in [1.807, 2.05) is 40.0 Å². The molecule has 0 saturated carbocycles. The smallest absolute Gasteiger partial charge is 0.207 e. The van der Waals surface area contributed by atoms with Crippen molar-refractivity contribution in [3.05, 3.63) is 75.5 Å². The second kappa shape index (κ2) is 10.8. The number of benzene rings is 2. The summed E-state index contributed by atoms with van der Waals surface area (Å²) in [6.07, 6.45) is 0.724. The Morgan fingerprint density at radius 2 is 1.71 bits per heavy atom. The quantitative estimate of drug-likeness (QED) is 0.238. The van der Waals surface area contributed by atoms with Gasteiger partial charge in [-0.25, -0.2) is 14.4 Å². The number of thiophene rings is 1. The van der Waals surface area contributed by atoms with Crippen LogP contribution in [0, 0.1) is 5.82 Å². The summed E-state index contributed by atoms with van der Waals surface area (Å²) in [5.74, 6) is 1.13. The average Bonchev–Trinajstić information content (AvgIpc) is 3.63. The highest BCUT2D eigenvalue weighted by Crippen LogP contribution is 2.42. The Morgan fingerprint density at radius 1 is 0.943 bits per heavy atom. The molecule has 2 aromatic heterocycles. The summed E-state index contributed by atoms with van der Waals surface area (Å²) in [6.45, 7) is 0. The van der Waals surface area contributed by atoms with Crippen molar-refractivity contribution in [2.75, 3.05) is 26.3 Å². The number of methoxy groups -OCH3 is 3. The molecule has 1 unspecified atom stereocenters. The minimum atomic E-state index is -0.420. The maximum absolute atomic E-state index is 14.3. The van der Waals surface area contributed by atoms with Gasteiger partial charge in [-0.05, 0) is 47.3 Å². The number of halogens is 2. The minimum Gasteiger partial charge on any atom is -0.494 e. The molecular weight excluding hydrogens is 553 g/mol. The number of hydrazone groups is 1. The van der Waals surface area contributed by atoms with Gasteiger partial charge in [0.1, 0.15) is 0 Å². The molecular formula is C25H23BrFN3O3S2. The lowest BCUT2D eigenvalue weighted by Gasteiger charge is -2.22. The fourth-order valence-electron chi connectivity index (χ4n) is 3.93. The van der Waals surface area contributed by atoms with Crippen molar-refractivity contribution in [1.29, 1.82) is 0 Å². The minimum absolute atomic E-state index is 0. The second-order valence-electron chi connectivity index (χ2n) is 7.57. The molecule has 5 rings (SSSR count). The van der Waals surface area contributed by atoms with Gasteiger partial charge in [-0.3, -0.25) is 0 Å². The Morgan fingerprint density at radius 3 is 2.40 bits per heavy atom. The van der Waals surface area contributed by atoms with Gasteiger partial charge >= 0.3 is 0 Å². The van der Waals surface area contributed by atoms with Crippen LogP contribution in [-0.2, 0) is 0 Å². The van der Waals surface area contributed by atoms with Gasteiger partial charge in [0.15, 0.2) is 23.1 Å². The molecule has 3 heterocycles. The molecule has 4 aromatic rings. The third-order valence-electron chi connectivity index (χ3n) is 5.64. The molecule has 2 aromatic carbocycles. The normalized spacial score (nSPS) is 14.9. The van der Waals surface area contributed by atoms with Crippen molar-refractivity contribution in [1.82, 2.24) is 4.98 Å². The summed E-state index contributed by atoms with van der Waals surface area (Å²) in [5.41, 5.74) is 3.42. The second-order valence-corrected chi connectivity index (χ2v) is 9.35. The molecule has 1 atom stereocenters. The van der Waals surface area contributed by atoms with Gasteiger partial charge in [0.2, 0.25) is 5.13 Å². The first-order chi connectivity index (χ1) is 16.6. The fourth-order valence-corrected chi connectivity index (χ4v) is 5.48. The number of hydrogen-bond donors (Lipinski definition) is 0. The van der Waals surface area contributed by atoms with E-state index in [-0.39, 0.29) is 28.8 Å². The number of thiazole rings is 1. The van der Waals surface area contributed by atoms with E-state index in [1.165, 1.54) is 24.5 Å². The third-order valence-corrected chi connectivity index (χ3v) is 7.39. The van der Waals surface area contributed by atoms with E-state index >= 15 is 0 Å². The van der Waals surface area contributed by atoms with Crippen molar-refractivity contribution in [3.63, 3.8) is 0 Å². The zero-order valence-electron chi connectivity index (χ0n) is 19.2. The first-order valence-electron chi connectivity index (χ1n) is 10.5. The zero-order valence-corrected chi connectivity index (χ0v) is 22.6. The molecule has 182 valence electrons. The average molecular weight is 577 g/mol. The van der Waals surface area contributed by atoms with Crippen molar-refractivity contribution in [2.45, 2.75) is 12.5 Å². The highest BCUT2D eigenvalue weighted by atomic mass is 79.9. The zero-order chi connectivity index (χ0) is 23.7. The predicted octanol–water partition coefficient (Wildman–Crippen LogP) is 6.97. The number of hydrogen-bond acceptors (Lipinski definition) is 8. The van der Waals surface area contributed by atoms with Gasteiger partial charge < -0.3 is 14.2 Å². The number of nitrogens with zero attached hydrogens (tertiary/aromatic N) is 3. The standard InChI is InChI=1S/C25H22FN3O3S2.BrH/c1-30-21-8-6-15(11-17(21)26)19-14-34-25(27-19)29-20(13-18(28-29)24-5-4-10-33-24)16-7-9-22(31-2)23(12-16)32-3;/h4-12,14,20H,13H2,1-3H3;1H. The Kier molecular flexibility index (Phi) is 7.73. The van der Waals surface area contributed by atoms with E-state index in [0.717, 1.165) is 27.7 Å². The molecule has 0 saturated heterocycles. The topological polar surface area (TPSA) is 56.2 Å². The third kappa shape index (κ3) is 4.91. The number of aromatic nitrogens is 1. The van der Waals surface area contributed by atoms with Crippen LogP contribution < -0.4 is 19.2 Å². The van der Waals surface area contributed by atoms with Crippen LogP contribution >= 0.6 is 39.7 Å². The van der Waals surface area contributed by atoms with E-state index < -0.39 is 5.82 Å². The summed E-state index contributed by atoms with van der Waals surface area (Å²) in [7, 11) is 4.70. The predicted molar refractivity (Wildman–Crippen MR) is 145 cm³/mol. The summed E-state index contributed by atoms with van der Waals surface area (Å²) in [5, 5.41) is 11.6. The lowest BCUT2D eigenvalue weighted by atomic mass is 10.0. The lowest BCUT2D eigenvalue weighted by molar-refractivity contribution is 0.354. The van der Waals surface area contributed by atoms with Crippen LogP contribution in [0.4, 0.5) is 9.52 Å². The van der Waals surface area contributed by atoms with Crippen molar-refractivity contribution in [3.8, 4) is 28.5 Å². The van der Waals surface area contributed by atoms with Gasteiger partial charge in [-0.1, -0.05) is 12.1 Å². The van der Waals surface area contributed by atoms with Crippen LogP contribution in [0.15, 0.2) is 64.4 Å². The van der Waals surface area contributed by atoms with Gasteiger partial charge in [-0.2, -0.15) is 5.10 Å². The van der Waals surface area contributed by atoms with Crippen molar-refractivity contribution >= 4 is 50.5 Å². The summed E-state index contributed by atoms with van der Waals surface area (Å²) >= 11 is 3.14. The Hall–Kier alpha value is -2.95. The van der Waals surface area contributed by atoms with Gasteiger partial charge in [0, 0.05) is 17.4 Å². The molecule has 1 aliphatic heterocycles. The molecule has 0 fully saturated rings. The number of ether oxygens (including phenoxy) is 3. The van der Waals surface area contributed by atoms with Crippen LogP contribution in [-0.4, -0.2) is 32.0 Å². The van der Waals surface area contributed by atoms with E-state index in [0.29, 0.717) is 22.8 Å². The monoisotopic (exact) mass is 575 g/mol. The molecule has 35 heavy (non-hydrogen) atoms. The molecule has 0 bridgehead atoms. The van der Waals surface area contributed by atoms with Crippen LogP contribution in [0.25, 0.3) is 11.3 Å². The van der Waals surface area contributed by atoms with Crippen molar-refractivity contribution in [2.24, 2.45) is 5.10 Å². The van der Waals surface area contributed by atoms with E-state index in [4.69, 9.17) is 24.3 Å². The molecule has 0 aliphatic carbocycles. The van der Waals surface area contributed by atoms with Gasteiger partial charge in [0.05, 0.1) is 43.7 Å². The summed E-state index contributed by atoms with van der Waals surface area (Å²) < 4.78 is 30.2. The summed E-state index contributed by atoms with van der Waals surface area (Å²) in [6, 6.07) is 14.8. The SMILES string of the molecule is Br.COc1ccc(-c2csc(N3N=C(c4cccs4)CC3c3ccc(OC)c(OC)c3)n2)cc1F.